The van der Waals surface area contributed by atoms with Crippen molar-refractivity contribution in [1.29, 1.82) is 0 Å². The van der Waals surface area contributed by atoms with Gasteiger partial charge in [-0.3, -0.25) is 0 Å². The third-order valence-corrected chi connectivity index (χ3v) is 4.45. The molecule has 1 heterocycles. The summed E-state index contributed by atoms with van der Waals surface area (Å²) in [6.45, 7) is 2.49. The van der Waals surface area contributed by atoms with E-state index in [0.717, 1.165) is 5.69 Å². The van der Waals surface area contributed by atoms with Crippen LogP contribution in [0.15, 0.2) is 24.3 Å². The van der Waals surface area contributed by atoms with E-state index in [4.69, 9.17) is 5.73 Å². The smallest absolute Gasteiger partial charge is 0.0387 e. The Morgan fingerprint density at radius 1 is 1.00 bits per heavy atom. The molecule has 1 saturated carbocycles. The van der Waals surface area contributed by atoms with E-state index in [2.05, 4.69) is 23.1 Å². The first-order chi connectivity index (χ1) is 8.27. The zero-order chi connectivity index (χ0) is 11.7. The summed E-state index contributed by atoms with van der Waals surface area (Å²) < 4.78 is 0. The Balaban J connectivity index is 1.67. The molecule has 1 saturated heterocycles. The molecule has 0 radical (unpaired) electrons. The van der Waals surface area contributed by atoms with Gasteiger partial charge >= 0.3 is 0 Å². The lowest BCUT2D eigenvalue weighted by molar-refractivity contribution is 0.180. The maximum Gasteiger partial charge on any atom is 0.0387 e. The second-order valence-corrected chi connectivity index (χ2v) is 5.87. The van der Waals surface area contributed by atoms with Gasteiger partial charge in [0, 0.05) is 29.9 Å². The molecule has 0 aromatic heterocycles. The molecule has 3 rings (SSSR count). The summed E-state index contributed by atoms with van der Waals surface area (Å²) in [4.78, 5) is 2.49. The van der Waals surface area contributed by atoms with Crippen LogP contribution in [0, 0.1) is 5.41 Å². The fraction of sp³-hybridized carbons (Fsp3) is 0.600. The maximum atomic E-state index is 5.84. The summed E-state index contributed by atoms with van der Waals surface area (Å²) >= 11 is 0. The van der Waals surface area contributed by atoms with E-state index < -0.39 is 0 Å². The molecular formula is C15H22N2. The van der Waals surface area contributed by atoms with Gasteiger partial charge in [0.1, 0.15) is 0 Å². The van der Waals surface area contributed by atoms with Crippen molar-refractivity contribution in [2.75, 3.05) is 23.7 Å². The molecule has 0 unspecified atom stereocenters. The van der Waals surface area contributed by atoms with Crippen LogP contribution in [0.3, 0.4) is 0 Å². The number of nitrogens with zero attached hydrogens (tertiary/aromatic N) is 1. The summed E-state index contributed by atoms with van der Waals surface area (Å²) in [5.74, 6) is 0. The fourth-order valence-corrected chi connectivity index (χ4v) is 3.46. The van der Waals surface area contributed by atoms with Crippen LogP contribution in [0.2, 0.25) is 0 Å². The molecule has 2 aliphatic rings. The van der Waals surface area contributed by atoms with Gasteiger partial charge in [0.2, 0.25) is 0 Å². The van der Waals surface area contributed by atoms with Gasteiger partial charge in [-0.15, -0.1) is 0 Å². The Morgan fingerprint density at radius 2 is 1.71 bits per heavy atom. The predicted octanol–water partition coefficient (Wildman–Crippen LogP) is 3.43. The summed E-state index contributed by atoms with van der Waals surface area (Å²) in [5.41, 5.74) is 8.67. The summed E-state index contributed by atoms with van der Waals surface area (Å²) in [5, 5.41) is 0. The number of nitrogens with two attached hydrogens (primary N) is 1. The number of anilines is 2. The highest BCUT2D eigenvalue weighted by Crippen LogP contribution is 2.44. The Kier molecular flexibility index (Phi) is 2.73. The lowest BCUT2D eigenvalue weighted by atomic mass is 9.73. The van der Waals surface area contributed by atoms with Gasteiger partial charge < -0.3 is 10.6 Å². The predicted molar refractivity (Wildman–Crippen MR) is 73.2 cm³/mol. The second kappa shape index (κ2) is 4.25. The van der Waals surface area contributed by atoms with Gasteiger partial charge in [-0.05, 0) is 31.0 Å². The highest BCUT2D eigenvalue weighted by Gasteiger charge is 2.42. The van der Waals surface area contributed by atoms with Gasteiger partial charge in [-0.2, -0.15) is 0 Å². The van der Waals surface area contributed by atoms with Gasteiger partial charge in [-0.25, -0.2) is 0 Å². The van der Waals surface area contributed by atoms with E-state index in [9.17, 15) is 0 Å². The lowest BCUT2D eigenvalue weighted by Gasteiger charge is -2.51. The first-order valence-corrected chi connectivity index (χ1v) is 6.88. The van der Waals surface area contributed by atoms with Gasteiger partial charge in [0.15, 0.2) is 0 Å². The van der Waals surface area contributed by atoms with Crippen LogP contribution in [-0.2, 0) is 0 Å². The van der Waals surface area contributed by atoms with Crippen LogP contribution in [0.1, 0.15) is 38.5 Å². The largest absolute Gasteiger partial charge is 0.399 e. The standard InChI is InChI=1S/C15H22N2/c16-13-6-5-7-14(10-13)17-11-15(12-17)8-3-1-2-4-9-15/h5-7,10H,1-4,8-9,11-12,16H2. The molecule has 92 valence electrons. The van der Waals surface area contributed by atoms with E-state index in [1.165, 1.54) is 57.3 Å². The molecule has 1 aliphatic carbocycles. The van der Waals surface area contributed by atoms with Crippen LogP contribution >= 0.6 is 0 Å². The third-order valence-electron chi connectivity index (χ3n) is 4.45. The number of hydrogen-bond acceptors (Lipinski definition) is 2. The molecule has 1 aromatic rings. The molecule has 1 aromatic carbocycles. The zero-order valence-electron chi connectivity index (χ0n) is 10.5. The lowest BCUT2D eigenvalue weighted by Crippen LogP contribution is -2.56. The third kappa shape index (κ3) is 2.13. The summed E-state index contributed by atoms with van der Waals surface area (Å²) in [7, 11) is 0. The van der Waals surface area contributed by atoms with Crippen molar-refractivity contribution >= 4 is 11.4 Å². The van der Waals surface area contributed by atoms with E-state index in [1.54, 1.807) is 0 Å². The second-order valence-electron chi connectivity index (χ2n) is 5.87. The van der Waals surface area contributed by atoms with Crippen molar-refractivity contribution in [1.82, 2.24) is 0 Å². The highest BCUT2D eigenvalue weighted by molar-refractivity contribution is 5.57. The number of rotatable bonds is 1. The first-order valence-electron chi connectivity index (χ1n) is 6.88. The normalized spacial score (nSPS) is 23.2. The zero-order valence-corrected chi connectivity index (χ0v) is 10.5. The van der Waals surface area contributed by atoms with E-state index in [0.29, 0.717) is 5.41 Å². The molecule has 2 nitrogen and oxygen atoms in total. The van der Waals surface area contributed by atoms with Crippen LogP contribution in [0.25, 0.3) is 0 Å². The highest BCUT2D eigenvalue weighted by atomic mass is 15.2. The quantitative estimate of drug-likeness (QED) is 0.749. The topological polar surface area (TPSA) is 29.3 Å². The molecule has 1 aliphatic heterocycles. The van der Waals surface area contributed by atoms with Crippen LogP contribution in [0.4, 0.5) is 11.4 Å². The van der Waals surface area contributed by atoms with Gasteiger partial charge in [-0.1, -0.05) is 31.7 Å². The van der Waals surface area contributed by atoms with Crippen molar-refractivity contribution in [3.63, 3.8) is 0 Å². The molecule has 2 heteroatoms. The Bertz CT molecular complexity index is 384. The van der Waals surface area contributed by atoms with Crippen molar-refractivity contribution in [3.05, 3.63) is 24.3 Å². The van der Waals surface area contributed by atoms with Crippen molar-refractivity contribution in [2.45, 2.75) is 38.5 Å². The van der Waals surface area contributed by atoms with Gasteiger partial charge in [0.25, 0.3) is 0 Å². The molecule has 0 amide bonds. The monoisotopic (exact) mass is 230 g/mol. The Morgan fingerprint density at radius 3 is 2.35 bits per heavy atom. The van der Waals surface area contributed by atoms with E-state index in [1.807, 2.05) is 6.07 Å². The van der Waals surface area contributed by atoms with Crippen LogP contribution < -0.4 is 10.6 Å². The number of nitrogen functional groups attached to an aromatic ring is 1. The molecule has 1 spiro atoms. The average molecular weight is 230 g/mol. The van der Waals surface area contributed by atoms with E-state index >= 15 is 0 Å². The summed E-state index contributed by atoms with van der Waals surface area (Å²) in [6, 6.07) is 8.30. The average Bonchev–Trinajstić information content (AvgIpc) is 2.52. The summed E-state index contributed by atoms with van der Waals surface area (Å²) in [6.07, 6.45) is 8.63. The first kappa shape index (κ1) is 10.9. The Labute approximate surface area is 104 Å². The molecule has 2 N–H and O–H groups in total. The van der Waals surface area contributed by atoms with Crippen molar-refractivity contribution < 1.29 is 0 Å². The van der Waals surface area contributed by atoms with Crippen LogP contribution in [0.5, 0.6) is 0 Å². The molecule has 2 fully saturated rings. The van der Waals surface area contributed by atoms with E-state index in [-0.39, 0.29) is 0 Å². The minimum absolute atomic E-state index is 0.640. The molecule has 0 bridgehead atoms. The Hall–Kier alpha value is -1.18. The molecular weight excluding hydrogens is 208 g/mol. The number of hydrogen-bond donors (Lipinski definition) is 1. The maximum absolute atomic E-state index is 5.84. The SMILES string of the molecule is Nc1cccc(N2CC3(CCCCCC3)C2)c1. The molecule has 0 atom stereocenters. The van der Waals surface area contributed by atoms with Crippen LogP contribution in [-0.4, -0.2) is 13.1 Å². The minimum Gasteiger partial charge on any atom is -0.399 e. The van der Waals surface area contributed by atoms with Crippen molar-refractivity contribution in [2.24, 2.45) is 5.41 Å². The van der Waals surface area contributed by atoms with Gasteiger partial charge in [0.05, 0.1) is 0 Å². The van der Waals surface area contributed by atoms with Crippen molar-refractivity contribution in [3.8, 4) is 0 Å². The minimum atomic E-state index is 0.640. The number of benzene rings is 1. The molecule has 17 heavy (non-hydrogen) atoms. The fourth-order valence-electron chi connectivity index (χ4n) is 3.46.